The summed E-state index contributed by atoms with van der Waals surface area (Å²) in [6.45, 7) is 0.436. The van der Waals surface area contributed by atoms with Crippen LogP contribution in [0, 0.1) is 5.92 Å². The van der Waals surface area contributed by atoms with Crippen LogP contribution in [0.1, 0.15) is 42.5 Å². The second-order valence-corrected chi connectivity index (χ2v) is 6.29. The number of hydrogen-bond donors (Lipinski definition) is 3. The van der Waals surface area contributed by atoms with Gasteiger partial charge >= 0.3 is 0 Å². The molecule has 4 nitrogen and oxygen atoms in total. The quantitative estimate of drug-likeness (QED) is 0.788. The van der Waals surface area contributed by atoms with Gasteiger partial charge in [-0.1, -0.05) is 35.2 Å². The molecular formula is C15H21BrN2O2. The van der Waals surface area contributed by atoms with E-state index in [1.54, 1.807) is 12.1 Å². The van der Waals surface area contributed by atoms with E-state index in [-0.39, 0.29) is 23.3 Å². The minimum Gasteiger partial charge on any atom is -0.507 e. The molecule has 1 aromatic carbocycles. The molecule has 4 N–H and O–H groups in total. The highest BCUT2D eigenvalue weighted by Gasteiger charge is 2.25. The standard InChI is InChI=1S/C15H21BrN2O2/c16-11-6-7-14(19)12(8-11)15(20)18-13(9-17)10-4-2-1-3-5-10/h6-8,10,13,19H,1-5,9,17H2,(H,18,20). The third-order valence-electron chi connectivity index (χ3n) is 3.99. The number of carbonyl (C=O) groups excluding carboxylic acids is 1. The summed E-state index contributed by atoms with van der Waals surface area (Å²) in [6, 6.07) is 4.82. The van der Waals surface area contributed by atoms with Crippen LogP contribution in [0.15, 0.2) is 22.7 Å². The summed E-state index contributed by atoms with van der Waals surface area (Å²) >= 11 is 3.31. The fraction of sp³-hybridized carbons (Fsp3) is 0.533. The van der Waals surface area contributed by atoms with Gasteiger partial charge in [0.2, 0.25) is 0 Å². The summed E-state index contributed by atoms with van der Waals surface area (Å²) < 4.78 is 0.766. The number of rotatable bonds is 4. The molecule has 0 saturated heterocycles. The first-order valence-corrected chi connectivity index (χ1v) is 7.90. The van der Waals surface area contributed by atoms with Crippen LogP contribution >= 0.6 is 15.9 Å². The summed E-state index contributed by atoms with van der Waals surface area (Å²) in [6.07, 6.45) is 5.92. The number of nitrogens with two attached hydrogens (primary N) is 1. The number of aromatic hydroxyl groups is 1. The molecule has 1 aliphatic carbocycles. The predicted molar refractivity (Wildman–Crippen MR) is 82.7 cm³/mol. The average Bonchev–Trinajstić information content (AvgIpc) is 2.48. The van der Waals surface area contributed by atoms with Gasteiger partial charge in [-0.25, -0.2) is 0 Å². The van der Waals surface area contributed by atoms with Crippen LogP contribution in [-0.2, 0) is 0 Å². The largest absolute Gasteiger partial charge is 0.507 e. The molecule has 0 heterocycles. The fourth-order valence-corrected chi connectivity index (χ4v) is 3.20. The van der Waals surface area contributed by atoms with Crippen LogP contribution in [0.4, 0.5) is 0 Å². The molecule has 110 valence electrons. The van der Waals surface area contributed by atoms with E-state index in [1.165, 1.54) is 25.3 Å². The van der Waals surface area contributed by atoms with Crippen LogP contribution < -0.4 is 11.1 Å². The van der Waals surface area contributed by atoms with E-state index in [0.29, 0.717) is 12.5 Å². The molecule has 1 fully saturated rings. The fourth-order valence-electron chi connectivity index (χ4n) is 2.84. The van der Waals surface area contributed by atoms with E-state index in [1.807, 2.05) is 0 Å². The van der Waals surface area contributed by atoms with Gasteiger partial charge in [-0.15, -0.1) is 0 Å². The molecule has 1 amide bonds. The average molecular weight is 341 g/mol. The van der Waals surface area contributed by atoms with Crippen molar-refractivity contribution < 1.29 is 9.90 Å². The number of amides is 1. The van der Waals surface area contributed by atoms with Gasteiger partial charge in [0.15, 0.2) is 0 Å². The molecule has 1 aromatic rings. The topological polar surface area (TPSA) is 75.3 Å². The van der Waals surface area contributed by atoms with Crippen molar-refractivity contribution in [3.05, 3.63) is 28.2 Å². The Hall–Kier alpha value is -1.07. The Kier molecular flexibility index (Phi) is 5.43. The SMILES string of the molecule is NCC(NC(=O)c1cc(Br)ccc1O)C1CCCCC1. The van der Waals surface area contributed by atoms with Gasteiger partial charge in [0, 0.05) is 17.1 Å². The van der Waals surface area contributed by atoms with Gasteiger partial charge in [-0.3, -0.25) is 4.79 Å². The maximum atomic E-state index is 12.3. The Balaban J connectivity index is 2.06. The second kappa shape index (κ2) is 7.09. The molecule has 2 rings (SSSR count). The Bertz CT molecular complexity index is 473. The Morgan fingerprint density at radius 2 is 2.10 bits per heavy atom. The van der Waals surface area contributed by atoms with Crippen molar-refractivity contribution in [3.63, 3.8) is 0 Å². The molecule has 0 bridgehead atoms. The predicted octanol–water partition coefficient (Wildman–Crippen LogP) is 2.79. The van der Waals surface area contributed by atoms with E-state index in [0.717, 1.165) is 17.3 Å². The zero-order chi connectivity index (χ0) is 14.5. The van der Waals surface area contributed by atoms with E-state index >= 15 is 0 Å². The monoisotopic (exact) mass is 340 g/mol. The van der Waals surface area contributed by atoms with Gasteiger partial charge in [0.25, 0.3) is 5.91 Å². The van der Waals surface area contributed by atoms with E-state index in [2.05, 4.69) is 21.2 Å². The maximum Gasteiger partial charge on any atom is 0.255 e. The molecule has 1 saturated carbocycles. The number of benzene rings is 1. The van der Waals surface area contributed by atoms with Crippen molar-refractivity contribution in [1.82, 2.24) is 5.32 Å². The minimum atomic E-state index is -0.259. The lowest BCUT2D eigenvalue weighted by Gasteiger charge is -2.30. The van der Waals surface area contributed by atoms with Gasteiger partial charge < -0.3 is 16.2 Å². The van der Waals surface area contributed by atoms with Gasteiger partial charge in [0.1, 0.15) is 5.75 Å². The van der Waals surface area contributed by atoms with Crippen LogP contribution in [0.25, 0.3) is 0 Å². The summed E-state index contributed by atoms with van der Waals surface area (Å²) in [4.78, 5) is 12.3. The molecule has 0 radical (unpaired) electrons. The van der Waals surface area contributed by atoms with Crippen molar-refractivity contribution >= 4 is 21.8 Å². The van der Waals surface area contributed by atoms with Crippen molar-refractivity contribution in [2.24, 2.45) is 11.7 Å². The maximum absolute atomic E-state index is 12.3. The zero-order valence-corrected chi connectivity index (χ0v) is 13.0. The molecule has 0 spiro atoms. The molecule has 0 aromatic heterocycles. The lowest BCUT2D eigenvalue weighted by molar-refractivity contribution is 0.0913. The molecular weight excluding hydrogens is 320 g/mol. The minimum absolute atomic E-state index is 0.00915. The number of halogens is 1. The van der Waals surface area contributed by atoms with Crippen molar-refractivity contribution in [2.75, 3.05) is 6.54 Å². The normalized spacial score (nSPS) is 17.7. The lowest BCUT2D eigenvalue weighted by Crippen LogP contribution is -2.45. The molecule has 5 heteroatoms. The van der Waals surface area contributed by atoms with E-state index < -0.39 is 0 Å². The number of carbonyl (C=O) groups is 1. The van der Waals surface area contributed by atoms with E-state index in [9.17, 15) is 9.90 Å². The van der Waals surface area contributed by atoms with Gasteiger partial charge in [-0.05, 0) is 37.0 Å². The summed E-state index contributed by atoms with van der Waals surface area (Å²) in [7, 11) is 0. The van der Waals surface area contributed by atoms with E-state index in [4.69, 9.17) is 5.73 Å². The van der Waals surface area contributed by atoms with Crippen LogP contribution in [-0.4, -0.2) is 23.6 Å². The summed E-state index contributed by atoms with van der Waals surface area (Å²) in [5.74, 6) is 0.182. The van der Waals surface area contributed by atoms with Crippen molar-refractivity contribution in [3.8, 4) is 5.75 Å². The molecule has 1 atom stereocenters. The van der Waals surface area contributed by atoms with Gasteiger partial charge in [-0.2, -0.15) is 0 Å². The summed E-state index contributed by atoms with van der Waals surface area (Å²) in [5.41, 5.74) is 6.10. The van der Waals surface area contributed by atoms with Crippen LogP contribution in [0.5, 0.6) is 5.75 Å². The third-order valence-corrected chi connectivity index (χ3v) is 4.49. The highest BCUT2D eigenvalue weighted by atomic mass is 79.9. The molecule has 1 unspecified atom stereocenters. The number of hydrogen-bond acceptors (Lipinski definition) is 3. The Morgan fingerprint density at radius 1 is 1.40 bits per heavy atom. The third kappa shape index (κ3) is 3.73. The zero-order valence-electron chi connectivity index (χ0n) is 11.4. The van der Waals surface area contributed by atoms with Gasteiger partial charge in [0.05, 0.1) is 5.56 Å². The Labute approximate surface area is 127 Å². The van der Waals surface area contributed by atoms with Crippen LogP contribution in [0.3, 0.4) is 0 Å². The first-order chi connectivity index (χ1) is 9.61. The molecule has 20 heavy (non-hydrogen) atoms. The number of nitrogens with one attached hydrogen (secondary N) is 1. The molecule has 0 aliphatic heterocycles. The second-order valence-electron chi connectivity index (χ2n) is 5.38. The molecule has 1 aliphatic rings. The highest BCUT2D eigenvalue weighted by molar-refractivity contribution is 9.10. The highest BCUT2D eigenvalue weighted by Crippen LogP contribution is 2.27. The lowest BCUT2D eigenvalue weighted by atomic mass is 9.84. The van der Waals surface area contributed by atoms with Crippen molar-refractivity contribution in [2.45, 2.75) is 38.1 Å². The number of phenolic OH excluding ortho intramolecular Hbond substituents is 1. The van der Waals surface area contributed by atoms with Crippen LogP contribution in [0.2, 0.25) is 0 Å². The summed E-state index contributed by atoms with van der Waals surface area (Å²) in [5, 5.41) is 12.8. The smallest absolute Gasteiger partial charge is 0.255 e. The first-order valence-electron chi connectivity index (χ1n) is 7.11. The Morgan fingerprint density at radius 3 is 2.75 bits per heavy atom. The van der Waals surface area contributed by atoms with Crippen molar-refractivity contribution in [1.29, 1.82) is 0 Å². The number of phenols is 1. The first kappa shape index (κ1) is 15.3.